The summed E-state index contributed by atoms with van der Waals surface area (Å²) < 4.78 is 1.14. The average molecular weight is 286 g/mol. The number of aromatic nitrogens is 2. The van der Waals surface area contributed by atoms with Crippen LogP contribution in [0.4, 0.5) is 5.69 Å². The molecule has 1 aromatic carbocycles. The van der Waals surface area contributed by atoms with Gasteiger partial charge >= 0.3 is 0 Å². The Kier molecular flexibility index (Phi) is 4.71. The third kappa shape index (κ3) is 3.92. The highest BCUT2D eigenvalue weighted by atomic mass is 16.2. The fraction of sp³-hybridized carbons (Fsp3) is 0.267. The maximum Gasteiger partial charge on any atom is 0.271 e. The fourth-order valence-corrected chi connectivity index (χ4v) is 1.86. The normalized spacial score (nSPS) is 10.2. The van der Waals surface area contributed by atoms with Crippen molar-refractivity contribution in [3.8, 4) is 0 Å². The molecule has 0 bridgehead atoms. The van der Waals surface area contributed by atoms with Crippen molar-refractivity contribution in [2.24, 2.45) is 7.05 Å². The van der Waals surface area contributed by atoms with Gasteiger partial charge in [0.25, 0.3) is 11.5 Å². The van der Waals surface area contributed by atoms with Gasteiger partial charge in [0.15, 0.2) is 0 Å². The average Bonchev–Trinajstić information content (AvgIpc) is 2.50. The van der Waals surface area contributed by atoms with E-state index in [0.29, 0.717) is 13.1 Å². The molecule has 0 unspecified atom stereocenters. The Bertz CT molecular complexity index is 667. The number of rotatable bonds is 5. The number of aryl methyl sites for hydroxylation is 1. The summed E-state index contributed by atoms with van der Waals surface area (Å²) in [6.45, 7) is 1.18. The molecule has 0 saturated heterocycles. The Labute approximate surface area is 123 Å². The fourth-order valence-electron chi connectivity index (χ4n) is 1.86. The molecule has 1 amide bonds. The maximum atomic E-state index is 11.9. The van der Waals surface area contributed by atoms with E-state index in [2.05, 4.69) is 15.3 Å². The number of benzene rings is 1. The molecule has 1 heterocycles. The zero-order valence-corrected chi connectivity index (χ0v) is 12.1. The van der Waals surface area contributed by atoms with E-state index < -0.39 is 0 Å². The number of nitrogens with zero attached hydrogens (tertiary/aromatic N) is 3. The predicted octanol–water partition coefficient (Wildman–Crippen LogP) is 0.646. The molecule has 2 rings (SSSR count). The van der Waals surface area contributed by atoms with E-state index in [9.17, 15) is 9.59 Å². The first-order valence-corrected chi connectivity index (χ1v) is 6.66. The number of carbonyl (C=O) groups is 1. The van der Waals surface area contributed by atoms with Crippen molar-refractivity contribution in [1.82, 2.24) is 15.1 Å². The van der Waals surface area contributed by atoms with Crippen LogP contribution in [0.25, 0.3) is 0 Å². The van der Waals surface area contributed by atoms with E-state index in [1.165, 1.54) is 19.2 Å². The molecule has 0 aliphatic heterocycles. The van der Waals surface area contributed by atoms with Crippen molar-refractivity contribution in [1.29, 1.82) is 0 Å². The van der Waals surface area contributed by atoms with Gasteiger partial charge in [0, 0.05) is 38.9 Å². The first-order valence-electron chi connectivity index (χ1n) is 6.66. The first kappa shape index (κ1) is 14.8. The van der Waals surface area contributed by atoms with Crippen LogP contribution in [0.3, 0.4) is 0 Å². The Morgan fingerprint density at radius 2 is 1.95 bits per heavy atom. The van der Waals surface area contributed by atoms with Gasteiger partial charge in [-0.2, -0.15) is 5.10 Å². The summed E-state index contributed by atoms with van der Waals surface area (Å²) in [7, 11) is 3.48. The lowest BCUT2D eigenvalue weighted by Gasteiger charge is -2.19. The molecule has 0 aliphatic carbocycles. The zero-order chi connectivity index (χ0) is 15.2. The van der Waals surface area contributed by atoms with Crippen LogP contribution in [0.5, 0.6) is 0 Å². The van der Waals surface area contributed by atoms with E-state index >= 15 is 0 Å². The molecule has 110 valence electrons. The topological polar surface area (TPSA) is 67.2 Å². The van der Waals surface area contributed by atoms with Gasteiger partial charge in [-0.3, -0.25) is 9.59 Å². The molecule has 0 fully saturated rings. The maximum absolute atomic E-state index is 11.9. The molecule has 6 nitrogen and oxygen atoms in total. The van der Waals surface area contributed by atoms with E-state index in [-0.39, 0.29) is 17.2 Å². The summed E-state index contributed by atoms with van der Waals surface area (Å²) in [5.74, 6) is -0.285. The second-order valence-electron chi connectivity index (χ2n) is 4.69. The second kappa shape index (κ2) is 6.69. The Hall–Kier alpha value is -2.63. The number of para-hydroxylation sites is 1. The van der Waals surface area contributed by atoms with E-state index in [0.717, 1.165) is 10.4 Å². The number of hydrogen-bond acceptors (Lipinski definition) is 4. The van der Waals surface area contributed by atoms with E-state index in [4.69, 9.17) is 0 Å². The van der Waals surface area contributed by atoms with E-state index in [1.807, 2.05) is 37.4 Å². The quantitative estimate of drug-likeness (QED) is 0.876. The molecule has 0 atom stereocenters. The van der Waals surface area contributed by atoms with E-state index in [1.54, 1.807) is 0 Å². The minimum atomic E-state index is -0.285. The standard InChI is InChI=1S/C15H18N4O2/c1-18(12-6-4-3-5-7-12)11-10-16-15(21)13-8-9-14(20)19(2)17-13/h3-9H,10-11H2,1-2H3,(H,16,21). The van der Waals surface area contributed by atoms with Gasteiger partial charge < -0.3 is 10.2 Å². The molecule has 0 saturated carbocycles. The van der Waals surface area contributed by atoms with Crippen LogP contribution in [0, 0.1) is 0 Å². The number of anilines is 1. The molecule has 1 aromatic heterocycles. The van der Waals surface area contributed by atoms with Crippen LogP contribution >= 0.6 is 0 Å². The SMILES string of the molecule is CN(CCNC(=O)c1ccc(=O)n(C)n1)c1ccccc1. The van der Waals surface area contributed by atoms with Gasteiger partial charge in [-0.05, 0) is 18.2 Å². The van der Waals surface area contributed by atoms with Gasteiger partial charge in [0.05, 0.1) is 0 Å². The van der Waals surface area contributed by atoms with Crippen LogP contribution < -0.4 is 15.8 Å². The number of amides is 1. The summed E-state index contributed by atoms with van der Waals surface area (Å²) in [5.41, 5.74) is 1.09. The predicted molar refractivity (Wildman–Crippen MR) is 81.5 cm³/mol. The molecular formula is C15H18N4O2. The van der Waals surface area contributed by atoms with Crippen LogP contribution in [0.1, 0.15) is 10.5 Å². The van der Waals surface area contributed by atoms with Crippen molar-refractivity contribution >= 4 is 11.6 Å². The Morgan fingerprint density at radius 1 is 1.24 bits per heavy atom. The van der Waals surface area contributed by atoms with Crippen molar-refractivity contribution in [2.45, 2.75) is 0 Å². The largest absolute Gasteiger partial charge is 0.373 e. The minimum Gasteiger partial charge on any atom is -0.373 e. The van der Waals surface area contributed by atoms with Gasteiger partial charge in [-0.1, -0.05) is 18.2 Å². The minimum absolute atomic E-state index is 0.236. The first-order chi connectivity index (χ1) is 10.1. The molecular weight excluding hydrogens is 268 g/mol. The van der Waals surface area contributed by atoms with Crippen LogP contribution in [0.15, 0.2) is 47.3 Å². The van der Waals surface area contributed by atoms with Gasteiger partial charge in [-0.15, -0.1) is 0 Å². The Morgan fingerprint density at radius 3 is 2.62 bits per heavy atom. The summed E-state index contributed by atoms with van der Waals surface area (Å²) in [4.78, 5) is 25.2. The van der Waals surface area contributed by atoms with Gasteiger partial charge in [-0.25, -0.2) is 4.68 Å². The van der Waals surface area contributed by atoms with Crippen molar-refractivity contribution in [3.05, 3.63) is 58.5 Å². The summed E-state index contributed by atoms with van der Waals surface area (Å²) in [6, 6.07) is 12.7. The summed E-state index contributed by atoms with van der Waals surface area (Å²) in [5, 5.41) is 6.69. The Balaban J connectivity index is 1.87. The van der Waals surface area contributed by atoms with Crippen LogP contribution in [-0.4, -0.2) is 35.8 Å². The number of hydrogen-bond donors (Lipinski definition) is 1. The van der Waals surface area contributed by atoms with Gasteiger partial charge in [0.1, 0.15) is 5.69 Å². The van der Waals surface area contributed by atoms with Crippen LogP contribution in [0.2, 0.25) is 0 Å². The number of carbonyl (C=O) groups excluding carboxylic acids is 1. The molecule has 0 aliphatic rings. The van der Waals surface area contributed by atoms with Crippen molar-refractivity contribution < 1.29 is 4.79 Å². The smallest absolute Gasteiger partial charge is 0.271 e. The number of likely N-dealkylation sites (N-methyl/N-ethyl adjacent to an activating group) is 1. The summed E-state index contributed by atoms with van der Waals surface area (Å²) in [6.07, 6.45) is 0. The van der Waals surface area contributed by atoms with Crippen LogP contribution in [-0.2, 0) is 7.05 Å². The lowest BCUT2D eigenvalue weighted by atomic mass is 10.3. The third-order valence-electron chi connectivity index (χ3n) is 3.12. The van der Waals surface area contributed by atoms with Crippen molar-refractivity contribution in [2.75, 3.05) is 25.0 Å². The third-order valence-corrected chi connectivity index (χ3v) is 3.12. The molecule has 0 radical (unpaired) electrons. The highest BCUT2D eigenvalue weighted by Gasteiger charge is 2.08. The lowest BCUT2D eigenvalue weighted by Crippen LogP contribution is -2.34. The highest BCUT2D eigenvalue weighted by molar-refractivity contribution is 5.91. The second-order valence-corrected chi connectivity index (χ2v) is 4.69. The number of nitrogens with one attached hydrogen (secondary N) is 1. The van der Waals surface area contributed by atoms with Gasteiger partial charge in [0.2, 0.25) is 0 Å². The zero-order valence-electron chi connectivity index (χ0n) is 12.1. The molecule has 2 aromatic rings. The molecule has 1 N–H and O–H groups in total. The summed E-state index contributed by atoms with van der Waals surface area (Å²) >= 11 is 0. The molecule has 21 heavy (non-hydrogen) atoms. The highest BCUT2D eigenvalue weighted by Crippen LogP contribution is 2.09. The van der Waals surface area contributed by atoms with Crippen molar-refractivity contribution in [3.63, 3.8) is 0 Å². The molecule has 0 spiro atoms. The lowest BCUT2D eigenvalue weighted by molar-refractivity contribution is 0.0947. The molecule has 6 heteroatoms. The monoisotopic (exact) mass is 286 g/mol.